The third kappa shape index (κ3) is 3.75. The van der Waals surface area contributed by atoms with Crippen molar-refractivity contribution in [2.75, 3.05) is 0 Å². The van der Waals surface area contributed by atoms with Crippen molar-refractivity contribution in [3.8, 4) is 0 Å². The maximum atomic E-state index is 6.20. The number of hydrogen-bond donors (Lipinski definition) is 1. The molecule has 1 aromatic heterocycles. The van der Waals surface area contributed by atoms with Crippen LogP contribution in [0.2, 0.25) is 10.0 Å². The number of halogens is 2. The fourth-order valence-corrected chi connectivity index (χ4v) is 2.33. The zero-order chi connectivity index (χ0) is 14.7. The average Bonchev–Trinajstić information content (AvgIpc) is 2.73. The van der Waals surface area contributed by atoms with Gasteiger partial charge < -0.3 is 5.32 Å². The van der Waals surface area contributed by atoms with E-state index in [2.05, 4.69) is 31.2 Å². The van der Waals surface area contributed by atoms with Gasteiger partial charge in [-0.3, -0.25) is 4.68 Å². The van der Waals surface area contributed by atoms with Crippen LogP contribution in [-0.2, 0) is 13.1 Å². The van der Waals surface area contributed by atoms with Crippen molar-refractivity contribution in [1.82, 2.24) is 15.1 Å². The lowest BCUT2D eigenvalue weighted by molar-refractivity contribution is 0.585. The maximum Gasteiger partial charge on any atom is 0.0677 e. The summed E-state index contributed by atoms with van der Waals surface area (Å²) in [6.45, 7) is 7.79. The van der Waals surface area contributed by atoms with Gasteiger partial charge in [-0.05, 0) is 30.7 Å². The van der Waals surface area contributed by atoms with Crippen molar-refractivity contribution in [3.63, 3.8) is 0 Å². The van der Waals surface area contributed by atoms with E-state index in [4.69, 9.17) is 23.2 Å². The zero-order valence-electron chi connectivity index (χ0n) is 12.0. The molecule has 0 saturated carbocycles. The Kier molecular flexibility index (Phi) is 5.08. The minimum absolute atomic E-state index is 0.458. The van der Waals surface area contributed by atoms with E-state index in [-0.39, 0.29) is 0 Å². The highest BCUT2D eigenvalue weighted by Gasteiger charge is 2.09. The second-order valence-electron chi connectivity index (χ2n) is 5.18. The van der Waals surface area contributed by atoms with Crippen LogP contribution in [0.3, 0.4) is 0 Å². The third-order valence-electron chi connectivity index (χ3n) is 3.23. The van der Waals surface area contributed by atoms with Crippen LogP contribution < -0.4 is 5.32 Å². The topological polar surface area (TPSA) is 29.9 Å². The van der Waals surface area contributed by atoms with Crippen LogP contribution in [0.15, 0.2) is 24.4 Å². The summed E-state index contributed by atoms with van der Waals surface area (Å²) in [4.78, 5) is 0. The van der Waals surface area contributed by atoms with Crippen LogP contribution in [0.4, 0.5) is 0 Å². The quantitative estimate of drug-likeness (QED) is 0.903. The van der Waals surface area contributed by atoms with Gasteiger partial charge in [-0.2, -0.15) is 5.10 Å². The predicted molar refractivity (Wildman–Crippen MR) is 84.5 cm³/mol. The molecule has 0 aliphatic heterocycles. The van der Waals surface area contributed by atoms with E-state index >= 15 is 0 Å². The van der Waals surface area contributed by atoms with Gasteiger partial charge in [0.1, 0.15) is 0 Å². The molecule has 2 aromatic rings. The second-order valence-corrected chi connectivity index (χ2v) is 6.03. The molecule has 2 rings (SSSR count). The summed E-state index contributed by atoms with van der Waals surface area (Å²) in [5.74, 6) is 0. The van der Waals surface area contributed by atoms with Crippen molar-refractivity contribution in [3.05, 3.63) is 51.3 Å². The van der Waals surface area contributed by atoms with Gasteiger partial charge in [-0.25, -0.2) is 0 Å². The first-order valence-electron chi connectivity index (χ1n) is 6.66. The van der Waals surface area contributed by atoms with Crippen molar-refractivity contribution in [2.45, 2.75) is 39.9 Å². The molecular weight excluding hydrogens is 293 g/mol. The third-order valence-corrected chi connectivity index (χ3v) is 3.84. The molecule has 20 heavy (non-hydrogen) atoms. The van der Waals surface area contributed by atoms with Crippen LogP contribution >= 0.6 is 23.2 Å². The van der Waals surface area contributed by atoms with E-state index < -0.39 is 0 Å². The monoisotopic (exact) mass is 311 g/mol. The van der Waals surface area contributed by atoms with E-state index in [9.17, 15) is 0 Å². The number of nitrogens with one attached hydrogen (secondary N) is 1. The molecule has 1 N–H and O–H groups in total. The Morgan fingerprint density at radius 2 is 2.00 bits per heavy atom. The average molecular weight is 312 g/mol. The number of hydrogen-bond acceptors (Lipinski definition) is 2. The van der Waals surface area contributed by atoms with Gasteiger partial charge in [-0.1, -0.05) is 37.0 Å². The lowest BCUT2D eigenvalue weighted by atomic mass is 10.2. The summed E-state index contributed by atoms with van der Waals surface area (Å²) < 4.78 is 1.95. The lowest BCUT2D eigenvalue weighted by Crippen LogP contribution is -2.22. The molecule has 0 unspecified atom stereocenters. The minimum atomic E-state index is 0.458. The number of nitrogens with zero attached hydrogens (tertiary/aromatic N) is 2. The summed E-state index contributed by atoms with van der Waals surface area (Å²) >= 11 is 12.2. The molecule has 3 nitrogen and oxygen atoms in total. The van der Waals surface area contributed by atoms with Crippen LogP contribution in [0, 0.1) is 6.92 Å². The Hall–Kier alpha value is -1.03. The zero-order valence-corrected chi connectivity index (χ0v) is 13.5. The first-order chi connectivity index (χ1) is 9.47. The highest BCUT2D eigenvalue weighted by Crippen LogP contribution is 2.22. The molecule has 5 heteroatoms. The Labute approximate surface area is 129 Å². The minimum Gasteiger partial charge on any atom is -0.310 e. The lowest BCUT2D eigenvalue weighted by Gasteiger charge is -2.10. The van der Waals surface area contributed by atoms with E-state index in [0.717, 1.165) is 17.8 Å². The summed E-state index contributed by atoms with van der Waals surface area (Å²) in [7, 11) is 0. The molecule has 0 fully saturated rings. The molecule has 108 valence electrons. The number of aromatic nitrogens is 2. The maximum absolute atomic E-state index is 6.20. The van der Waals surface area contributed by atoms with Gasteiger partial charge in [-0.15, -0.1) is 0 Å². The summed E-state index contributed by atoms with van der Waals surface area (Å²) in [6, 6.07) is 5.96. The fraction of sp³-hybridized carbons (Fsp3) is 0.400. The van der Waals surface area contributed by atoms with Gasteiger partial charge in [0.15, 0.2) is 0 Å². The molecule has 0 atom stereocenters. The van der Waals surface area contributed by atoms with Gasteiger partial charge in [0, 0.05) is 33.9 Å². The molecule has 0 aliphatic carbocycles. The highest BCUT2D eigenvalue weighted by molar-refractivity contribution is 6.33. The van der Waals surface area contributed by atoms with Crippen LogP contribution in [0.25, 0.3) is 0 Å². The molecule has 0 bridgehead atoms. The number of rotatable bonds is 5. The SMILES string of the molecule is Cc1c(CNC(C)C)cnn1Cc1cc(Cl)ccc1Cl. The van der Waals surface area contributed by atoms with E-state index in [1.165, 1.54) is 5.56 Å². The first kappa shape index (κ1) is 15.4. The van der Waals surface area contributed by atoms with E-state index in [0.29, 0.717) is 22.6 Å². The van der Waals surface area contributed by atoms with Crippen LogP contribution in [0.5, 0.6) is 0 Å². The summed E-state index contributed by atoms with van der Waals surface area (Å²) in [6.07, 6.45) is 1.91. The van der Waals surface area contributed by atoms with Crippen molar-refractivity contribution < 1.29 is 0 Å². The first-order valence-corrected chi connectivity index (χ1v) is 7.41. The molecule has 1 heterocycles. The molecule has 0 radical (unpaired) electrons. The molecular formula is C15H19Cl2N3. The van der Waals surface area contributed by atoms with E-state index in [1.54, 1.807) is 6.07 Å². The van der Waals surface area contributed by atoms with Crippen molar-refractivity contribution >= 4 is 23.2 Å². The molecule has 0 amide bonds. The molecule has 0 spiro atoms. The Morgan fingerprint density at radius 3 is 2.70 bits per heavy atom. The highest BCUT2D eigenvalue weighted by atomic mass is 35.5. The van der Waals surface area contributed by atoms with Crippen LogP contribution in [-0.4, -0.2) is 15.8 Å². The largest absolute Gasteiger partial charge is 0.310 e. The second kappa shape index (κ2) is 6.61. The van der Waals surface area contributed by atoms with E-state index in [1.807, 2.05) is 23.0 Å². The fourth-order valence-electron chi connectivity index (χ4n) is 1.96. The van der Waals surface area contributed by atoms with Crippen LogP contribution in [0.1, 0.15) is 30.7 Å². The van der Waals surface area contributed by atoms with Crippen molar-refractivity contribution in [2.24, 2.45) is 0 Å². The van der Waals surface area contributed by atoms with Gasteiger partial charge >= 0.3 is 0 Å². The van der Waals surface area contributed by atoms with Gasteiger partial charge in [0.05, 0.1) is 12.7 Å². The standard InChI is InChI=1S/C15H19Cl2N3/c1-10(2)18-7-13-8-19-20(11(13)3)9-12-6-14(16)4-5-15(12)17/h4-6,8,10,18H,7,9H2,1-3H3. The van der Waals surface area contributed by atoms with Crippen molar-refractivity contribution in [1.29, 1.82) is 0 Å². The summed E-state index contributed by atoms with van der Waals surface area (Å²) in [5.41, 5.74) is 3.33. The molecule has 0 aliphatic rings. The summed E-state index contributed by atoms with van der Waals surface area (Å²) in [5, 5.41) is 9.24. The molecule has 1 aromatic carbocycles. The normalized spacial score (nSPS) is 11.3. The number of benzene rings is 1. The van der Waals surface area contributed by atoms with Gasteiger partial charge in [0.25, 0.3) is 0 Å². The Bertz CT molecular complexity index is 591. The Balaban J connectivity index is 2.16. The Morgan fingerprint density at radius 1 is 1.25 bits per heavy atom. The smallest absolute Gasteiger partial charge is 0.0677 e. The van der Waals surface area contributed by atoms with Gasteiger partial charge in [0.2, 0.25) is 0 Å². The predicted octanol–water partition coefficient (Wildman–Crippen LogP) is 4.04. The molecule has 0 saturated heterocycles.